The van der Waals surface area contributed by atoms with Crippen molar-refractivity contribution in [2.45, 2.75) is 46.1 Å². The second-order valence-corrected chi connectivity index (χ2v) is 9.62. The molecule has 1 atom stereocenters. The first-order chi connectivity index (χ1) is 16.1. The summed E-state index contributed by atoms with van der Waals surface area (Å²) in [5, 5.41) is 2.76. The molecule has 0 fully saturated rings. The van der Waals surface area contributed by atoms with Crippen LogP contribution in [0.5, 0.6) is 11.5 Å². The van der Waals surface area contributed by atoms with Crippen LogP contribution in [0.15, 0.2) is 36.4 Å². The molecular formula is C24H25I2NO7. The van der Waals surface area contributed by atoms with E-state index in [0.29, 0.717) is 17.9 Å². The lowest BCUT2D eigenvalue weighted by Crippen LogP contribution is -2.43. The molecule has 1 amide bonds. The molecule has 0 aliphatic carbocycles. The van der Waals surface area contributed by atoms with E-state index < -0.39 is 23.9 Å². The summed E-state index contributed by atoms with van der Waals surface area (Å²) in [5.41, 5.74) is 1.69. The Bertz CT molecular complexity index is 1030. The SMILES string of the molecule is CCOC(=O)C(Cc1ccc(OC(C)=O)cc1)NC(=O)CCc1cc(I)c(OC(C)=O)c(I)c1. The van der Waals surface area contributed by atoms with Gasteiger partial charge in [0.15, 0.2) is 5.75 Å². The number of carbonyl (C=O) groups is 4. The van der Waals surface area contributed by atoms with Crippen LogP contribution in [-0.2, 0) is 36.8 Å². The van der Waals surface area contributed by atoms with Crippen molar-refractivity contribution in [2.75, 3.05) is 6.61 Å². The van der Waals surface area contributed by atoms with Crippen molar-refractivity contribution in [1.82, 2.24) is 5.32 Å². The van der Waals surface area contributed by atoms with Gasteiger partial charge in [0.05, 0.1) is 13.7 Å². The van der Waals surface area contributed by atoms with E-state index in [1.807, 2.05) is 12.1 Å². The molecule has 1 N–H and O–H groups in total. The predicted molar refractivity (Wildman–Crippen MR) is 142 cm³/mol. The van der Waals surface area contributed by atoms with Gasteiger partial charge in [-0.2, -0.15) is 0 Å². The van der Waals surface area contributed by atoms with E-state index >= 15 is 0 Å². The number of esters is 3. The summed E-state index contributed by atoms with van der Waals surface area (Å²) < 4.78 is 16.9. The van der Waals surface area contributed by atoms with Gasteiger partial charge >= 0.3 is 17.9 Å². The van der Waals surface area contributed by atoms with Crippen molar-refractivity contribution in [2.24, 2.45) is 0 Å². The summed E-state index contributed by atoms with van der Waals surface area (Å²) in [5.74, 6) is -0.719. The van der Waals surface area contributed by atoms with E-state index in [2.05, 4.69) is 50.5 Å². The van der Waals surface area contributed by atoms with Crippen molar-refractivity contribution in [3.63, 3.8) is 0 Å². The third-order valence-corrected chi connectivity index (χ3v) is 6.08. The molecule has 0 saturated heterocycles. The van der Waals surface area contributed by atoms with Crippen molar-refractivity contribution in [1.29, 1.82) is 0 Å². The molecule has 0 aromatic heterocycles. The number of aryl methyl sites for hydroxylation is 1. The van der Waals surface area contributed by atoms with Crippen LogP contribution in [0.4, 0.5) is 0 Å². The van der Waals surface area contributed by atoms with Crippen molar-refractivity contribution < 1.29 is 33.4 Å². The fourth-order valence-corrected chi connectivity index (χ4v) is 5.17. The van der Waals surface area contributed by atoms with Crippen LogP contribution in [0.1, 0.15) is 38.3 Å². The topological polar surface area (TPSA) is 108 Å². The lowest BCUT2D eigenvalue weighted by atomic mass is 10.0. The van der Waals surface area contributed by atoms with Crippen molar-refractivity contribution in [3.05, 3.63) is 54.7 Å². The van der Waals surface area contributed by atoms with E-state index in [9.17, 15) is 19.2 Å². The van der Waals surface area contributed by atoms with Gasteiger partial charge in [0.2, 0.25) is 5.91 Å². The van der Waals surface area contributed by atoms with Gasteiger partial charge in [-0.25, -0.2) is 4.79 Å². The molecule has 10 heteroatoms. The molecule has 2 aromatic rings. The molecule has 0 aliphatic rings. The molecule has 1 unspecified atom stereocenters. The fourth-order valence-electron chi connectivity index (χ4n) is 3.05. The first-order valence-electron chi connectivity index (χ1n) is 10.5. The zero-order valence-corrected chi connectivity index (χ0v) is 23.3. The molecule has 0 radical (unpaired) electrons. The third kappa shape index (κ3) is 9.20. The minimum atomic E-state index is -0.848. The van der Waals surface area contributed by atoms with Gasteiger partial charge in [-0.15, -0.1) is 0 Å². The Balaban J connectivity index is 2.03. The molecule has 0 spiro atoms. The number of amides is 1. The number of nitrogens with one attached hydrogen (secondary N) is 1. The Hall–Kier alpha value is -2.22. The average molecular weight is 693 g/mol. The fraction of sp³-hybridized carbons (Fsp3) is 0.333. The van der Waals surface area contributed by atoms with Gasteiger partial charge in [0.1, 0.15) is 11.8 Å². The Morgan fingerprint density at radius 1 is 0.912 bits per heavy atom. The maximum atomic E-state index is 12.6. The van der Waals surface area contributed by atoms with Crippen molar-refractivity contribution in [3.8, 4) is 11.5 Å². The van der Waals surface area contributed by atoms with Gasteiger partial charge in [-0.05, 0) is 93.9 Å². The van der Waals surface area contributed by atoms with Gasteiger partial charge in [0.25, 0.3) is 0 Å². The number of hydrogen-bond donors (Lipinski definition) is 1. The maximum Gasteiger partial charge on any atom is 0.328 e. The predicted octanol–water partition coefficient (Wildman–Crippen LogP) is 3.97. The smallest absolute Gasteiger partial charge is 0.328 e. The number of carbonyl (C=O) groups excluding carboxylic acids is 4. The molecule has 0 heterocycles. The number of halogens is 2. The molecule has 0 aliphatic heterocycles. The van der Waals surface area contributed by atoms with E-state index in [0.717, 1.165) is 18.3 Å². The van der Waals surface area contributed by atoms with Crippen LogP contribution in [0, 0.1) is 7.14 Å². The second kappa shape index (κ2) is 13.6. The molecule has 0 bridgehead atoms. The third-order valence-electron chi connectivity index (χ3n) is 4.48. The number of benzene rings is 2. The highest BCUT2D eigenvalue weighted by molar-refractivity contribution is 14.1. The normalized spacial score (nSPS) is 11.3. The largest absolute Gasteiger partial charge is 0.464 e. The molecular weight excluding hydrogens is 668 g/mol. The highest BCUT2D eigenvalue weighted by atomic mass is 127. The van der Waals surface area contributed by atoms with E-state index in [-0.39, 0.29) is 25.4 Å². The Morgan fingerprint density at radius 3 is 2.03 bits per heavy atom. The molecule has 8 nitrogen and oxygen atoms in total. The Labute approximate surface area is 225 Å². The standard InChI is InChI=1S/C24H25I2NO7/c1-4-32-24(31)21(13-16-5-8-18(9-6-16)33-14(2)28)27-22(30)10-7-17-11-19(25)23(20(26)12-17)34-15(3)29/h5-6,8-9,11-12,21H,4,7,10,13H2,1-3H3,(H,27,30). The van der Waals surface area contributed by atoms with E-state index in [1.165, 1.54) is 13.8 Å². The number of rotatable bonds is 10. The maximum absolute atomic E-state index is 12.6. The summed E-state index contributed by atoms with van der Waals surface area (Å²) in [7, 11) is 0. The van der Waals surface area contributed by atoms with Crippen LogP contribution < -0.4 is 14.8 Å². The number of hydrogen-bond acceptors (Lipinski definition) is 7. The highest BCUT2D eigenvalue weighted by Crippen LogP contribution is 2.29. The first-order valence-corrected chi connectivity index (χ1v) is 12.6. The first kappa shape index (κ1) is 28.0. The van der Waals surface area contributed by atoms with Crippen LogP contribution in [0.25, 0.3) is 0 Å². The summed E-state index contributed by atoms with van der Waals surface area (Å²) in [6, 6.07) is 9.59. The monoisotopic (exact) mass is 693 g/mol. The zero-order valence-electron chi connectivity index (χ0n) is 19.0. The molecule has 2 rings (SSSR count). The molecule has 182 valence electrons. The Morgan fingerprint density at radius 2 is 1.50 bits per heavy atom. The molecule has 34 heavy (non-hydrogen) atoms. The second-order valence-electron chi connectivity index (χ2n) is 7.30. The van der Waals surface area contributed by atoms with Crippen LogP contribution in [0.3, 0.4) is 0 Å². The summed E-state index contributed by atoms with van der Waals surface area (Å²) >= 11 is 4.18. The van der Waals surface area contributed by atoms with Crippen LogP contribution in [-0.4, -0.2) is 36.5 Å². The molecule has 2 aromatic carbocycles. The molecule has 0 saturated carbocycles. The average Bonchev–Trinajstić information content (AvgIpc) is 2.75. The minimum Gasteiger partial charge on any atom is -0.464 e. The van der Waals surface area contributed by atoms with Crippen molar-refractivity contribution >= 4 is 69.0 Å². The quantitative estimate of drug-likeness (QED) is 0.228. The van der Waals surface area contributed by atoms with Crippen LogP contribution >= 0.6 is 45.2 Å². The van der Waals surface area contributed by atoms with E-state index in [4.69, 9.17) is 14.2 Å². The number of ether oxygens (including phenoxy) is 3. The summed E-state index contributed by atoms with van der Waals surface area (Å²) in [4.78, 5) is 47.4. The minimum absolute atomic E-state index is 0.167. The highest BCUT2D eigenvalue weighted by Gasteiger charge is 2.23. The zero-order chi connectivity index (χ0) is 25.3. The van der Waals surface area contributed by atoms with Crippen LogP contribution in [0.2, 0.25) is 0 Å². The van der Waals surface area contributed by atoms with Gasteiger partial charge in [-0.3, -0.25) is 14.4 Å². The van der Waals surface area contributed by atoms with E-state index in [1.54, 1.807) is 31.2 Å². The lowest BCUT2D eigenvalue weighted by Gasteiger charge is -2.18. The van der Waals surface area contributed by atoms with Gasteiger partial charge in [0, 0.05) is 26.7 Å². The summed E-state index contributed by atoms with van der Waals surface area (Å²) in [6.45, 7) is 4.56. The van der Waals surface area contributed by atoms with Gasteiger partial charge < -0.3 is 19.5 Å². The lowest BCUT2D eigenvalue weighted by molar-refractivity contribution is -0.147. The Kier molecular flexibility index (Phi) is 11.2. The summed E-state index contributed by atoms with van der Waals surface area (Å²) in [6.07, 6.45) is 0.850. The van der Waals surface area contributed by atoms with Gasteiger partial charge in [-0.1, -0.05) is 12.1 Å².